The van der Waals surface area contributed by atoms with Crippen LogP contribution < -0.4 is 0 Å². The van der Waals surface area contributed by atoms with Crippen LogP contribution in [-0.2, 0) is 0 Å². The van der Waals surface area contributed by atoms with Crippen LogP contribution in [0, 0.1) is 0 Å². The third-order valence-electron chi connectivity index (χ3n) is 9.14. The van der Waals surface area contributed by atoms with Crippen molar-refractivity contribution in [3.8, 4) is 45.3 Å². The van der Waals surface area contributed by atoms with Gasteiger partial charge in [0, 0.05) is 32.7 Å². The molecule has 0 saturated heterocycles. The van der Waals surface area contributed by atoms with Gasteiger partial charge in [-0.25, -0.2) is 15.0 Å². The van der Waals surface area contributed by atoms with E-state index in [1.807, 2.05) is 66.7 Å². The summed E-state index contributed by atoms with van der Waals surface area (Å²) in [5, 5.41) is 6.61. The van der Waals surface area contributed by atoms with Crippen LogP contribution in [0.3, 0.4) is 0 Å². The van der Waals surface area contributed by atoms with Gasteiger partial charge in [0.15, 0.2) is 17.5 Å². The second kappa shape index (κ2) is 10.5. The summed E-state index contributed by atoms with van der Waals surface area (Å²) in [7, 11) is 0. The van der Waals surface area contributed by atoms with Gasteiger partial charge in [0.1, 0.15) is 22.3 Å². The van der Waals surface area contributed by atoms with Gasteiger partial charge < -0.3 is 8.83 Å². The first-order valence-corrected chi connectivity index (χ1v) is 15.9. The number of para-hydroxylation sites is 3. The Hall–Kier alpha value is -6.59. The lowest BCUT2D eigenvalue weighted by Crippen LogP contribution is -2.00. The second-order valence-electron chi connectivity index (χ2n) is 12.0. The van der Waals surface area contributed by atoms with Gasteiger partial charge >= 0.3 is 0 Å². The molecule has 0 amide bonds. The first kappa shape index (κ1) is 26.6. The summed E-state index contributed by atoms with van der Waals surface area (Å²) in [6.45, 7) is 0. The summed E-state index contributed by atoms with van der Waals surface area (Å²) in [4.78, 5) is 15.2. The quantitative estimate of drug-likeness (QED) is 0.197. The molecule has 5 heteroatoms. The van der Waals surface area contributed by atoms with Crippen molar-refractivity contribution in [1.82, 2.24) is 15.0 Å². The highest BCUT2D eigenvalue weighted by Crippen LogP contribution is 2.38. The Balaban J connectivity index is 1.15. The third kappa shape index (κ3) is 4.22. The normalized spacial score (nSPS) is 11.8. The second-order valence-corrected chi connectivity index (χ2v) is 12.0. The van der Waals surface area contributed by atoms with Gasteiger partial charge in [0.2, 0.25) is 0 Å². The van der Waals surface area contributed by atoms with Crippen LogP contribution >= 0.6 is 0 Å². The molecule has 0 aliphatic rings. The Kier molecular flexibility index (Phi) is 5.81. The highest BCUT2D eigenvalue weighted by Gasteiger charge is 2.18. The molecule has 3 aromatic heterocycles. The minimum Gasteiger partial charge on any atom is -0.456 e. The molecule has 0 unspecified atom stereocenters. The molecule has 10 rings (SSSR count). The van der Waals surface area contributed by atoms with Crippen LogP contribution in [0.15, 0.2) is 160 Å². The molecule has 0 saturated carbocycles. The van der Waals surface area contributed by atoms with Gasteiger partial charge in [0.25, 0.3) is 0 Å². The number of rotatable bonds is 4. The number of benzene rings is 7. The minimum absolute atomic E-state index is 0.562. The molecule has 224 valence electrons. The van der Waals surface area contributed by atoms with Crippen LogP contribution in [-0.4, -0.2) is 15.0 Å². The first-order valence-electron chi connectivity index (χ1n) is 15.9. The van der Waals surface area contributed by atoms with E-state index in [4.69, 9.17) is 23.8 Å². The maximum Gasteiger partial charge on any atom is 0.167 e. The number of nitrogens with zero attached hydrogens (tertiary/aromatic N) is 3. The highest BCUT2D eigenvalue weighted by atomic mass is 16.3. The SMILES string of the molecule is c1ccc2cc(-c3nc(-c4ccc(-c5cccc6oc7ccccc7c56)cc4)nc(-c4cccc5c4oc4ccccc45)n3)ccc2c1. The minimum atomic E-state index is 0.562. The summed E-state index contributed by atoms with van der Waals surface area (Å²) < 4.78 is 12.6. The van der Waals surface area contributed by atoms with E-state index in [2.05, 4.69) is 84.9 Å². The fourth-order valence-corrected chi connectivity index (χ4v) is 6.82. The lowest BCUT2D eigenvalue weighted by atomic mass is 9.98. The van der Waals surface area contributed by atoms with Crippen LogP contribution in [0.2, 0.25) is 0 Å². The van der Waals surface area contributed by atoms with E-state index in [1.165, 1.54) is 5.39 Å². The van der Waals surface area contributed by atoms with Gasteiger partial charge in [-0.15, -0.1) is 0 Å². The fourth-order valence-electron chi connectivity index (χ4n) is 6.82. The Morgan fingerprint density at radius 2 is 0.938 bits per heavy atom. The summed E-state index contributed by atoms with van der Waals surface area (Å²) in [5.74, 6) is 1.76. The molecule has 5 nitrogen and oxygen atoms in total. The van der Waals surface area contributed by atoms with Crippen molar-refractivity contribution in [1.29, 1.82) is 0 Å². The molecule has 0 atom stereocenters. The Morgan fingerprint density at radius 3 is 1.79 bits per heavy atom. The van der Waals surface area contributed by atoms with Gasteiger partial charge in [-0.05, 0) is 52.2 Å². The van der Waals surface area contributed by atoms with Crippen molar-refractivity contribution >= 4 is 54.6 Å². The lowest BCUT2D eigenvalue weighted by Gasteiger charge is -2.10. The average Bonchev–Trinajstić information content (AvgIpc) is 3.73. The molecule has 0 aliphatic carbocycles. The van der Waals surface area contributed by atoms with Crippen LogP contribution in [0.4, 0.5) is 0 Å². The Bertz CT molecular complexity index is 2850. The molecular formula is C43H25N3O2. The number of aromatic nitrogens is 3. The molecule has 10 aromatic rings. The first-order chi connectivity index (χ1) is 23.8. The smallest absolute Gasteiger partial charge is 0.167 e. The standard InChI is InChI=1S/C43H25N3O2/c1-2-10-29-25-30(24-19-26(29)9-1)42-44-41(45-43(46-42)35-15-7-14-33-32-11-3-5-16-36(32)48-40(33)35)28-22-20-27(21-23-28)31-13-8-18-38-39(31)34-12-4-6-17-37(34)47-38/h1-25H. The van der Waals surface area contributed by atoms with Crippen molar-refractivity contribution in [2.45, 2.75) is 0 Å². The van der Waals surface area contributed by atoms with Crippen molar-refractivity contribution in [3.05, 3.63) is 152 Å². The van der Waals surface area contributed by atoms with E-state index in [9.17, 15) is 0 Å². The number of furan rings is 2. The van der Waals surface area contributed by atoms with Crippen LogP contribution in [0.1, 0.15) is 0 Å². The lowest BCUT2D eigenvalue weighted by molar-refractivity contribution is 0.669. The van der Waals surface area contributed by atoms with Gasteiger partial charge in [0.05, 0.1) is 5.56 Å². The van der Waals surface area contributed by atoms with Gasteiger partial charge in [-0.2, -0.15) is 0 Å². The van der Waals surface area contributed by atoms with Crippen molar-refractivity contribution < 1.29 is 8.83 Å². The summed E-state index contributed by atoms with van der Waals surface area (Å²) in [6, 6.07) is 51.7. The van der Waals surface area contributed by atoms with Crippen molar-refractivity contribution in [2.24, 2.45) is 0 Å². The molecule has 7 aromatic carbocycles. The molecule has 48 heavy (non-hydrogen) atoms. The summed E-state index contributed by atoms with van der Waals surface area (Å²) in [6.07, 6.45) is 0. The number of fused-ring (bicyclic) bond motifs is 7. The molecule has 0 spiro atoms. The third-order valence-corrected chi connectivity index (χ3v) is 9.14. The maximum absolute atomic E-state index is 6.40. The predicted octanol–water partition coefficient (Wildman–Crippen LogP) is 11.5. The number of hydrogen-bond acceptors (Lipinski definition) is 5. The molecule has 0 fully saturated rings. The topological polar surface area (TPSA) is 65.0 Å². The monoisotopic (exact) mass is 615 g/mol. The van der Waals surface area contributed by atoms with Crippen LogP contribution in [0.5, 0.6) is 0 Å². The molecule has 3 heterocycles. The average molecular weight is 616 g/mol. The fraction of sp³-hybridized carbons (Fsp3) is 0. The Morgan fingerprint density at radius 1 is 0.354 bits per heavy atom. The van der Waals surface area contributed by atoms with Crippen molar-refractivity contribution in [2.75, 3.05) is 0 Å². The molecular weight excluding hydrogens is 590 g/mol. The van der Waals surface area contributed by atoms with Crippen LogP contribution in [0.25, 0.3) is 99.9 Å². The molecule has 0 radical (unpaired) electrons. The molecule has 0 aliphatic heterocycles. The molecule has 0 bridgehead atoms. The van der Waals surface area contributed by atoms with Crippen molar-refractivity contribution in [3.63, 3.8) is 0 Å². The van der Waals surface area contributed by atoms with E-state index in [0.29, 0.717) is 17.5 Å². The van der Waals surface area contributed by atoms with E-state index in [0.717, 1.165) is 77.1 Å². The summed E-state index contributed by atoms with van der Waals surface area (Å²) in [5.41, 5.74) is 8.20. The van der Waals surface area contributed by atoms with E-state index < -0.39 is 0 Å². The van der Waals surface area contributed by atoms with E-state index in [-0.39, 0.29) is 0 Å². The molecule has 0 N–H and O–H groups in total. The zero-order valence-electron chi connectivity index (χ0n) is 25.6. The van der Waals surface area contributed by atoms with E-state index >= 15 is 0 Å². The zero-order chi connectivity index (χ0) is 31.6. The maximum atomic E-state index is 6.40. The van der Waals surface area contributed by atoms with Gasteiger partial charge in [-0.1, -0.05) is 121 Å². The zero-order valence-corrected chi connectivity index (χ0v) is 25.6. The predicted molar refractivity (Wildman–Crippen MR) is 194 cm³/mol. The Labute approximate surface area is 274 Å². The summed E-state index contributed by atoms with van der Waals surface area (Å²) >= 11 is 0. The highest BCUT2D eigenvalue weighted by molar-refractivity contribution is 6.12. The van der Waals surface area contributed by atoms with E-state index in [1.54, 1.807) is 0 Å². The number of hydrogen-bond donors (Lipinski definition) is 0. The van der Waals surface area contributed by atoms with Gasteiger partial charge in [-0.3, -0.25) is 0 Å². The largest absolute Gasteiger partial charge is 0.456 e.